The molecule has 2 fully saturated rings. The first kappa shape index (κ1) is 58.7. The van der Waals surface area contributed by atoms with Gasteiger partial charge in [0.15, 0.2) is 0 Å². The monoisotopic (exact) mass is 970 g/mol. The topological polar surface area (TPSA) is 218 Å². The molecule has 5 unspecified atom stereocenters. The van der Waals surface area contributed by atoms with E-state index in [0.29, 0.717) is 83.0 Å². The van der Waals surface area contributed by atoms with E-state index in [-0.39, 0.29) is 60.8 Å². The first-order valence-electron chi connectivity index (χ1n) is 23.1. The van der Waals surface area contributed by atoms with Gasteiger partial charge >= 0.3 is 32.4 Å². The van der Waals surface area contributed by atoms with E-state index in [1.54, 1.807) is 42.7 Å². The Hall–Kier alpha value is -1.46. The van der Waals surface area contributed by atoms with E-state index in [1.807, 2.05) is 13.8 Å². The normalized spacial score (nSPS) is 22.8. The van der Waals surface area contributed by atoms with Gasteiger partial charge < -0.3 is 71.0 Å². The lowest BCUT2D eigenvalue weighted by Crippen LogP contribution is -2.62. The molecule has 5 N–H and O–H groups in total. The van der Waals surface area contributed by atoms with Gasteiger partial charge in [0.1, 0.15) is 6.61 Å². The Morgan fingerprint density at radius 2 is 1.38 bits per heavy atom. The zero-order chi connectivity index (χ0) is 48.0. The van der Waals surface area contributed by atoms with E-state index in [9.17, 15) is 14.4 Å². The van der Waals surface area contributed by atoms with Crippen molar-refractivity contribution in [1.29, 1.82) is 0 Å². The largest absolute Gasteiger partial charge is 0.501 e. The number of piperidine rings is 1. The minimum absolute atomic E-state index is 0.0500. The number of carbonyl (C=O) groups excluding carboxylic acids is 3. The summed E-state index contributed by atoms with van der Waals surface area (Å²) in [5.41, 5.74) is 5.86. The van der Waals surface area contributed by atoms with E-state index in [2.05, 4.69) is 55.6 Å². The van der Waals surface area contributed by atoms with Crippen LogP contribution in [0.3, 0.4) is 0 Å². The second-order valence-electron chi connectivity index (χ2n) is 18.0. The molecular formula is C42H87N5O14Si3. The summed E-state index contributed by atoms with van der Waals surface area (Å²) in [6.07, 6.45) is 3.22. The SMILES string of the molecule is CCC(O[Si](CCCNCCC(=O)OCCOC)(OC)OC)C1CC(C(C)O[Si](CCCNC(=O)CCC(=O)NC2CC(C)(C)N(C)C(C)(C)C2)(OC)OC)O[Si](CCCN)(OC)O1. The fraction of sp³-hybridized carbons (Fsp3) is 0.929. The molecule has 2 saturated heterocycles. The third-order valence-electron chi connectivity index (χ3n) is 12.5. The number of hydrogen-bond acceptors (Lipinski definition) is 17. The van der Waals surface area contributed by atoms with E-state index < -0.39 is 50.8 Å². The van der Waals surface area contributed by atoms with Crippen molar-refractivity contribution < 1.29 is 63.7 Å². The van der Waals surface area contributed by atoms with Crippen LogP contribution in [0.2, 0.25) is 18.1 Å². The van der Waals surface area contributed by atoms with Crippen molar-refractivity contribution in [2.75, 3.05) is 89.1 Å². The van der Waals surface area contributed by atoms with Crippen LogP contribution in [0.5, 0.6) is 0 Å². The van der Waals surface area contributed by atoms with Crippen LogP contribution in [0.15, 0.2) is 0 Å². The number of carbonyl (C=O) groups is 3. The van der Waals surface area contributed by atoms with Crippen molar-refractivity contribution in [1.82, 2.24) is 20.9 Å². The summed E-state index contributed by atoms with van der Waals surface area (Å²) in [5.74, 6) is -0.586. The molecule has 2 rings (SSSR count). The van der Waals surface area contributed by atoms with Crippen LogP contribution in [-0.2, 0) is 63.7 Å². The van der Waals surface area contributed by atoms with Crippen LogP contribution in [0, 0.1) is 0 Å². The quantitative estimate of drug-likeness (QED) is 0.0421. The minimum Gasteiger partial charge on any atom is -0.463 e. The zero-order valence-corrected chi connectivity index (χ0v) is 44.6. The summed E-state index contributed by atoms with van der Waals surface area (Å²) in [4.78, 5) is 40.0. The molecule has 0 aromatic rings. The standard InChI is InChI=1S/C42H87N5O14Si3/c1-14-35(59-63(54-11,55-12)28-16-22-44-24-20-40(50)57-26-25-51-8)37-30-36(60-64(56-13,61-37)27-15-21-43)33(2)58-62(52-9,53-10)29-17-23-45-38(48)18-19-39(49)46-34-31-41(3,4)47(7)42(5,6)32-34/h33-37,44H,14-32,43H2,1-13H3,(H,45,48)(H,46,49). The number of nitrogens with one attached hydrogen (secondary N) is 3. The Labute approximate surface area is 387 Å². The summed E-state index contributed by atoms with van der Waals surface area (Å²) in [7, 11) is 1.91. The number of methoxy groups -OCH3 is 1. The highest BCUT2D eigenvalue weighted by molar-refractivity contribution is 6.61. The average molecular weight is 970 g/mol. The molecule has 5 atom stereocenters. The lowest BCUT2D eigenvalue weighted by molar-refractivity contribution is -0.144. The highest BCUT2D eigenvalue weighted by atomic mass is 28.4. The van der Waals surface area contributed by atoms with Gasteiger partial charge in [0.2, 0.25) is 11.8 Å². The maximum atomic E-state index is 12.9. The van der Waals surface area contributed by atoms with Gasteiger partial charge in [0.05, 0.1) is 37.4 Å². The molecule has 22 heteroatoms. The van der Waals surface area contributed by atoms with E-state index in [4.69, 9.17) is 55.0 Å². The Bertz CT molecular complexity index is 1350. The summed E-state index contributed by atoms with van der Waals surface area (Å²) in [6.45, 7) is 15.3. The molecule has 2 heterocycles. The Morgan fingerprint density at radius 1 is 0.797 bits per heavy atom. The molecule has 0 bridgehead atoms. The maximum Gasteiger partial charge on any atom is 0.501 e. The van der Waals surface area contributed by atoms with Crippen LogP contribution in [-0.4, -0.2) is 180 Å². The van der Waals surface area contributed by atoms with Gasteiger partial charge in [0.25, 0.3) is 0 Å². The Morgan fingerprint density at radius 3 is 1.94 bits per heavy atom. The smallest absolute Gasteiger partial charge is 0.463 e. The Balaban J connectivity index is 2.03. The van der Waals surface area contributed by atoms with E-state index >= 15 is 0 Å². The van der Waals surface area contributed by atoms with Crippen LogP contribution in [0.25, 0.3) is 0 Å². The predicted molar refractivity (Wildman–Crippen MR) is 249 cm³/mol. The number of likely N-dealkylation sites (tertiary alicyclic amines) is 1. The lowest BCUT2D eigenvalue weighted by Gasteiger charge is -2.53. The number of hydrogen-bond donors (Lipinski definition) is 4. The van der Waals surface area contributed by atoms with Gasteiger partial charge in [-0.2, -0.15) is 0 Å². The van der Waals surface area contributed by atoms with Crippen LogP contribution in [0.1, 0.15) is 106 Å². The minimum atomic E-state index is -3.29. The molecule has 2 aliphatic rings. The van der Waals surface area contributed by atoms with Gasteiger partial charge in [0, 0.05) is 110 Å². The van der Waals surface area contributed by atoms with Gasteiger partial charge in [-0.15, -0.1) is 0 Å². The molecule has 2 amide bonds. The van der Waals surface area contributed by atoms with Crippen molar-refractivity contribution in [3.63, 3.8) is 0 Å². The second-order valence-corrected chi connectivity index (χ2v) is 26.6. The van der Waals surface area contributed by atoms with Crippen molar-refractivity contribution in [3.05, 3.63) is 0 Å². The molecule has 2 aliphatic heterocycles. The number of esters is 1. The fourth-order valence-electron chi connectivity index (χ4n) is 8.54. The molecule has 0 aromatic heterocycles. The van der Waals surface area contributed by atoms with Crippen molar-refractivity contribution in [2.45, 2.75) is 165 Å². The lowest BCUT2D eigenvalue weighted by atomic mass is 9.77. The first-order chi connectivity index (χ1) is 30.3. The second kappa shape index (κ2) is 28.8. The Kier molecular flexibility index (Phi) is 26.4. The van der Waals surface area contributed by atoms with Crippen LogP contribution in [0.4, 0.5) is 0 Å². The van der Waals surface area contributed by atoms with Gasteiger partial charge in [-0.05, 0) is 93.3 Å². The first-order valence-corrected chi connectivity index (χ1v) is 28.9. The van der Waals surface area contributed by atoms with Crippen LogP contribution >= 0.6 is 0 Å². The number of rotatable bonds is 33. The molecule has 0 aliphatic carbocycles. The molecule has 64 heavy (non-hydrogen) atoms. The predicted octanol–water partition coefficient (Wildman–Crippen LogP) is 3.37. The van der Waals surface area contributed by atoms with Crippen molar-refractivity contribution >= 4 is 44.2 Å². The fourth-order valence-corrected chi connectivity index (χ4v) is 15.8. The molecule has 0 aromatic carbocycles. The highest BCUT2D eigenvalue weighted by Crippen LogP contribution is 2.38. The van der Waals surface area contributed by atoms with Crippen molar-refractivity contribution in [2.24, 2.45) is 5.73 Å². The molecule has 19 nitrogen and oxygen atoms in total. The number of nitrogens with zero attached hydrogens (tertiary/aromatic N) is 1. The molecule has 0 radical (unpaired) electrons. The van der Waals surface area contributed by atoms with E-state index in [0.717, 1.165) is 12.8 Å². The summed E-state index contributed by atoms with van der Waals surface area (Å²) in [6, 6.07) is 1.53. The summed E-state index contributed by atoms with van der Waals surface area (Å²) < 4.78 is 67.2. The summed E-state index contributed by atoms with van der Waals surface area (Å²) in [5, 5.41) is 9.40. The third-order valence-corrected chi connectivity index (χ3v) is 21.3. The third kappa shape index (κ3) is 18.9. The zero-order valence-electron chi connectivity index (χ0n) is 41.6. The number of ether oxygens (including phenoxy) is 2. The molecule has 376 valence electrons. The number of nitrogens with two attached hydrogens (primary N) is 1. The molecular weight excluding hydrogens is 883 g/mol. The van der Waals surface area contributed by atoms with Gasteiger partial charge in [-0.25, -0.2) is 0 Å². The highest BCUT2D eigenvalue weighted by Gasteiger charge is 2.54. The van der Waals surface area contributed by atoms with Crippen LogP contribution < -0.4 is 21.7 Å². The average Bonchev–Trinajstić information content (AvgIpc) is 3.27. The van der Waals surface area contributed by atoms with Gasteiger partial charge in [-0.3, -0.25) is 19.3 Å². The van der Waals surface area contributed by atoms with Crippen molar-refractivity contribution in [3.8, 4) is 0 Å². The van der Waals surface area contributed by atoms with Gasteiger partial charge in [-0.1, -0.05) is 6.92 Å². The van der Waals surface area contributed by atoms with E-state index in [1.165, 1.54) is 0 Å². The maximum absolute atomic E-state index is 12.9. The number of amides is 2. The molecule has 0 saturated carbocycles. The molecule has 0 spiro atoms. The summed E-state index contributed by atoms with van der Waals surface area (Å²) >= 11 is 0.